The van der Waals surface area contributed by atoms with Crippen molar-refractivity contribution in [1.82, 2.24) is 10.2 Å². The van der Waals surface area contributed by atoms with Crippen LogP contribution in [0.5, 0.6) is 0 Å². The van der Waals surface area contributed by atoms with Gasteiger partial charge in [-0.3, -0.25) is 9.59 Å². The van der Waals surface area contributed by atoms with Crippen LogP contribution in [0.2, 0.25) is 0 Å². The van der Waals surface area contributed by atoms with Crippen molar-refractivity contribution >= 4 is 11.8 Å². The van der Waals surface area contributed by atoms with Crippen LogP contribution in [-0.4, -0.2) is 54.2 Å². The third-order valence-corrected chi connectivity index (χ3v) is 5.64. The number of aliphatic hydroxyl groups excluding tert-OH is 1. The number of aliphatic hydroxyl groups is 1. The van der Waals surface area contributed by atoms with Gasteiger partial charge in [0.15, 0.2) is 0 Å². The molecule has 6 heteroatoms. The number of amides is 2. The van der Waals surface area contributed by atoms with Crippen molar-refractivity contribution in [2.45, 2.75) is 57.2 Å². The van der Waals surface area contributed by atoms with Crippen molar-refractivity contribution in [2.24, 2.45) is 0 Å². The maximum absolute atomic E-state index is 12.2. The lowest BCUT2D eigenvalue weighted by atomic mass is 9.78. The molecule has 1 fully saturated rings. The number of rotatable bonds is 6. The fourth-order valence-electron chi connectivity index (χ4n) is 4.24. The lowest BCUT2D eigenvalue weighted by Crippen LogP contribution is -2.50. The molecule has 1 unspecified atom stereocenters. The Morgan fingerprint density at radius 2 is 2.04 bits per heavy atom. The van der Waals surface area contributed by atoms with E-state index in [9.17, 15) is 9.59 Å². The zero-order valence-electron chi connectivity index (χ0n) is 16.1. The Morgan fingerprint density at radius 3 is 2.74 bits per heavy atom. The molecule has 2 N–H and O–H groups in total. The number of hydrogen-bond donors (Lipinski definition) is 2. The highest BCUT2D eigenvalue weighted by atomic mass is 16.5. The minimum atomic E-state index is -0.407. The molecule has 1 aromatic carbocycles. The lowest BCUT2D eigenvalue weighted by Gasteiger charge is -2.47. The van der Waals surface area contributed by atoms with Crippen LogP contribution < -0.4 is 5.32 Å². The predicted molar refractivity (Wildman–Crippen MR) is 102 cm³/mol. The molecule has 0 aliphatic carbocycles. The van der Waals surface area contributed by atoms with Crippen LogP contribution in [-0.2, 0) is 26.3 Å². The molecular formula is C21H30N2O4. The highest BCUT2D eigenvalue weighted by Crippen LogP contribution is 2.43. The second-order valence-electron chi connectivity index (χ2n) is 7.46. The van der Waals surface area contributed by atoms with Gasteiger partial charge in [0.2, 0.25) is 11.8 Å². The summed E-state index contributed by atoms with van der Waals surface area (Å²) in [6.45, 7) is 3.83. The molecule has 27 heavy (non-hydrogen) atoms. The molecule has 3 rings (SSSR count). The van der Waals surface area contributed by atoms with Crippen molar-refractivity contribution in [2.75, 3.05) is 26.2 Å². The summed E-state index contributed by atoms with van der Waals surface area (Å²) in [7, 11) is 0. The van der Waals surface area contributed by atoms with Gasteiger partial charge in [0.05, 0.1) is 18.1 Å². The number of likely N-dealkylation sites (tertiary alicyclic amines) is 1. The summed E-state index contributed by atoms with van der Waals surface area (Å²) in [6.07, 6.45) is 3.49. The average Bonchev–Trinajstić information content (AvgIpc) is 2.68. The molecule has 2 aliphatic heterocycles. The number of ether oxygens (including phenoxy) is 1. The second-order valence-corrected chi connectivity index (χ2v) is 7.46. The third-order valence-electron chi connectivity index (χ3n) is 5.64. The Balaban J connectivity index is 1.72. The summed E-state index contributed by atoms with van der Waals surface area (Å²) in [4.78, 5) is 26.2. The van der Waals surface area contributed by atoms with Crippen LogP contribution in [0.15, 0.2) is 24.3 Å². The van der Waals surface area contributed by atoms with Crippen LogP contribution in [0.3, 0.4) is 0 Å². The van der Waals surface area contributed by atoms with Gasteiger partial charge in [-0.15, -0.1) is 0 Å². The van der Waals surface area contributed by atoms with E-state index in [0.29, 0.717) is 38.9 Å². The van der Waals surface area contributed by atoms with E-state index in [1.54, 1.807) is 0 Å². The minimum absolute atomic E-state index is 0.0402. The van der Waals surface area contributed by atoms with Gasteiger partial charge >= 0.3 is 0 Å². The van der Waals surface area contributed by atoms with E-state index in [4.69, 9.17) is 9.84 Å². The number of benzene rings is 1. The van der Waals surface area contributed by atoms with Crippen molar-refractivity contribution < 1.29 is 19.4 Å². The van der Waals surface area contributed by atoms with Crippen LogP contribution >= 0.6 is 0 Å². The fraction of sp³-hybridized carbons (Fsp3) is 0.619. The van der Waals surface area contributed by atoms with Crippen molar-refractivity contribution in [3.63, 3.8) is 0 Å². The van der Waals surface area contributed by atoms with Gasteiger partial charge in [0, 0.05) is 32.7 Å². The van der Waals surface area contributed by atoms with Crippen LogP contribution in [0.1, 0.15) is 50.2 Å². The molecule has 148 valence electrons. The summed E-state index contributed by atoms with van der Waals surface area (Å²) in [5.74, 6) is 0.148. The molecule has 0 radical (unpaired) electrons. The zero-order chi connectivity index (χ0) is 19.3. The summed E-state index contributed by atoms with van der Waals surface area (Å²) in [5, 5.41) is 11.7. The Hall–Kier alpha value is -1.92. The van der Waals surface area contributed by atoms with Gasteiger partial charge in [-0.05, 0) is 36.8 Å². The first-order chi connectivity index (χ1) is 13.1. The molecule has 1 saturated heterocycles. The number of carbonyl (C=O) groups is 2. The molecule has 1 aromatic rings. The summed E-state index contributed by atoms with van der Waals surface area (Å²) in [6, 6.07) is 8.32. The number of nitrogens with one attached hydrogen (secondary N) is 1. The number of piperidine rings is 1. The van der Waals surface area contributed by atoms with Crippen LogP contribution in [0.25, 0.3) is 0 Å². The predicted octanol–water partition coefficient (Wildman–Crippen LogP) is 1.74. The molecular weight excluding hydrogens is 344 g/mol. The number of nitrogens with zero attached hydrogens (tertiary/aromatic N) is 1. The molecule has 0 bridgehead atoms. The van der Waals surface area contributed by atoms with Gasteiger partial charge in [-0.1, -0.05) is 31.2 Å². The molecule has 2 heterocycles. The molecule has 6 nitrogen and oxygen atoms in total. The highest BCUT2D eigenvalue weighted by Gasteiger charge is 2.44. The lowest BCUT2D eigenvalue weighted by molar-refractivity contribution is -0.156. The first-order valence-electron chi connectivity index (χ1n) is 9.99. The minimum Gasteiger partial charge on any atom is -0.396 e. The van der Waals surface area contributed by atoms with E-state index in [0.717, 1.165) is 19.3 Å². The van der Waals surface area contributed by atoms with Crippen molar-refractivity contribution in [1.29, 1.82) is 0 Å². The van der Waals surface area contributed by atoms with Gasteiger partial charge in [0.25, 0.3) is 0 Å². The Kier molecular flexibility index (Phi) is 6.50. The van der Waals surface area contributed by atoms with Gasteiger partial charge in [-0.25, -0.2) is 0 Å². The number of fused-ring (bicyclic) bond motifs is 2. The van der Waals surface area contributed by atoms with E-state index in [1.165, 1.54) is 11.1 Å². The number of hydrogen-bond acceptors (Lipinski definition) is 4. The van der Waals surface area contributed by atoms with E-state index in [2.05, 4.69) is 17.4 Å². The number of carbonyl (C=O) groups excluding carboxylic acids is 2. The van der Waals surface area contributed by atoms with E-state index in [1.807, 2.05) is 24.0 Å². The molecule has 2 aliphatic rings. The first kappa shape index (κ1) is 19.8. The maximum Gasteiger partial charge on any atom is 0.222 e. The normalized spacial score (nSPS) is 21.0. The van der Waals surface area contributed by atoms with E-state index < -0.39 is 5.60 Å². The van der Waals surface area contributed by atoms with E-state index >= 15 is 0 Å². The van der Waals surface area contributed by atoms with Crippen LogP contribution in [0, 0.1) is 0 Å². The summed E-state index contributed by atoms with van der Waals surface area (Å²) >= 11 is 0. The summed E-state index contributed by atoms with van der Waals surface area (Å²) < 4.78 is 6.53. The van der Waals surface area contributed by atoms with Gasteiger partial charge < -0.3 is 20.1 Å². The van der Waals surface area contributed by atoms with Crippen molar-refractivity contribution in [3.05, 3.63) is 35.4 Å². The highest BCUT2D eigenvalue weighted by molar-refractivity contribution is 5.76. The molecule has 1 atom stereocenters. The Bertz CT molecular complexity index is 668. The van der Waals surface area contributed by atoms with Gasteiger partial charge in [0.1, 0.15) is 0 Å². The Morgan fingerprint density at radius 1 is 1.30 bits per heavy atom. The smallest absolute Gasteiger partial charge is 0.222 e. The molecule has 0 aromatic heterocycles. The average molecular weight is 374 g/mol. The maximum atomic E-state index is 12.2. The van der Waals surface area contributed by atoms with Gasteiger partial charge in [-0.2, -0.15) is 0 Å². The van der Waals surface area contributed by atoms with E-state index in [-0.39, 0.29) is 24.5 Å². The fourth-order valence-corrected chi connectivity index (χ4v) is 4.24. The molecule has 0 saturated carbocycles. The SMILES string of the molecule is CCC(=O)N1CCC2(CC1)OC(CC(=O)NCCCO)Cc1ccccc12. The molecule has 1 spiro atoms. The standard InChI is InChI=1S/C21H30N2O4/c1-2-20(26)23-11-8-21(9-12-23)18-7-4-3-6-16(18)14-17(27-21)15-19(25)22-10-5-13-24/h3-4,6-7,17,24H,2,5,8-15H2,1H3,(H,22,25). The zero-order valence-corrected chi connectivity index (χ0v) is 16.1. The summed E-state index contributed by atoms with van der Waals surface area (Å²) in [5.41, 5.74) is 2.05. The quantitative estimate of drug-likeness (QED) is 0.744. The van der Waals surface area contributed by atoms with Crippen molar-refractivity contribution in [3.8, 4) is 0 Å². The second kappa shape index (κ2) is 8.85. The Labute approximate surface area is 160 Å². The molecule has 2 amide bonds. The third kappa shape index (κ3) is 4.50. The topological polar surface area (TPSA) is 78.9 Å². The first-order valence-corrected chi connectivity index (χ1v) is 9.99. The van der Waals surface area contributed by atoms with Crippen LogP contribution in [0.4, 0.5) is 0 Å². The largest absolute Gasteiger partial charge is 0.396 e. The monoisotopic (exact) mass is 374 g/mol.